The number of nitrogens with zero attached hydrogens (tertiary/aromatic N) is 2. The molecule has 0 saturated heterocycles. The summed E-state index contributed by atoms with van der Waals surface area (Å²) >= 11 is 0. The molecule has 1 aliphatic rings. The minimum atomic E-state index is -3.47. The van der Waals surface area contributed by atoms with Gasteiger partial charge in [-0.15, -0.1) is 0 Å². The number of sulfonamides is 1. The fourth-order valence-corrected chi connectivity index (χ4v) is 3.65. The fourth-order valence-electron chi connectivity index (χ4n) is 2.44. The standard InChI is InChI=1S/C15H17N3O2S/c1-18(11-12-4-6-16-7-5-12)21(19,20)15-3-2-13-9-17-10-14(13)8-15/h2-8,17H,9-11H2,1H3. The Hall–Kier alpha value is -1.76. The molecule has 3 rings (SSSR count). The van der Waals surface area contributed by atoms with Crippen LogP contribution in [-0.4, -0.2) is 24.8 Å². The molecule has 0 unspecified atom stereocenters. The molecule has 0 fully saturated rings. The van der Waals surface area contributed by atoms with E-state index < -0.39 is 10.0 Å². The highest BCUT2D eigenvalue weighted by molar-refractivity contribution is 7.89. The van der Waals surface area contributed by atoms with Crippen molar-refractivity contribution in [2.75, 3.05) is 7.05 Å². The van der Waals surface area contributed by atoms with Crippen molar-refractivity contribution in [2.45, 2.75) is 24.5 Å². The molecule has 0 amide bonds. The predicted molar refractivity (Wildman–Crippen MR) is 79.9 cm³/mol. The van der Waals surface area contributed by atoms with Crippen LogP contribution >= 0.6 is 0 Å². The highest BCUT2D eigenvalue weighted by Gasteiger charge is 2.23. The lowest BCUT2D eigenvalue weighted by atomic mass is 10.1. The number of rotatable bonds is 4. The van der Waals surface area contributed by atoms with Crippen molar-refractivity contribution in [3.63, 3.8) is 0 Å². The maximum absolute atomic E-state index is 12.6. The number of fused-ring (bicyclic) bond motifs is 1. The highest BCUT2D eigenvalue weighted by Crippen LogP contribution is 2.22. The Balaban J connectivity index is 1.86. The topological polar surface area (TPSA) is 62.3 Å². The summed E-state index contributed by atoms with van der Waals surface area (Å²) in [5, 5.41) is 3.22. The van der Waals surface area contributed by atoms with Gasteiger partial charge in [0.2, 0.25) is 10.0 Å². The summed E-state index contributed by atoms with van der Waals surface area (Å²) in [7, 11) is -1.88. The van der Waals surface area contributed by atoms with Gasteiger partial charge in [-0.25, -0.2) is 8.42 Å². The van der Waals surface area contributed by atoms with E-state index in [1.54, 1.807) is 31.6 Å². The fraction of sp³-hybridized carbons (Fsp3) is 0.267. The van der Waals surface area contributed by atoms with Crippen LogP contribution in [0.25, 0.3) is 0 Å². The molecule has 5 nitrogen and oxygen atoms in total. The number of hydrogen-bond acceptors (Lipinski definition) is 4. The molecule has 21 heavy (non-hydrogen) atoms. The number of pyridine rings is 1. The van der Waals surface area contributed by atoms with Crippen LogP contribution in [0, 0.1) is 0 Å². The molecule has 1 aliphatic heterocycles. The molecule has 6 heteroatoms. The van der Waals surface area contributed by atoms with Gasteiger partial charge in [0.25, 0.3) is 0 Å². The van der Waals surface area contributed by atoms with Gasteiger partial charge < -0.3 is 5.32 Å². The zero-order chi connectivity index (χ0) is 14.9. The maximum atomic E-state index is 12.6. The van der Waals surface area contributed by atoms with E-state index in [0.717, 1.165) is 24.2 Å². The molecule has 1 aromatic carbocycles. The van der Waals surface area contributed by atoms with E-state index >= 15 is 0 Å². The first-order valence-corrected chi connectivity index (χ1v) is 8.19. The molecule has 2 aromatic rings. The van der Waals surface area contributed by atoms with Crippen molar-refractivity contribution in [1.82, 2.24) is 14.6 Å². The van der Waals surface area contributed by atoms with E-state index in [4.69, 9.17) is 0 Å². The van der Waals surface area contributed by atoms with Gasteiger partial charge in [-0.1, -0.05) is 6.07 Å². The Morgan fingerprint density at radius 1 is 1.14 bits per heavy atom. The summed E-state index contributed by atoms with van der Waals surface area (Å²) in [4.78, 5) is 4.29. The number of nitrogens with one attached hydrogen (secondary N) is 1. The Labute approximate surface area is 124 Å². The average Bonchev–Trinajstić information content (AvgIpc) is 2.95. The molecule has 0 aliphatic carbocycles. The van der Waals surface area contributed by atoms with Gasteiger partial charge in [0, 0.05) is 39.1 Å². The van der Waals surface area contributed by atoms with Crippen LogP contribution in [0.1, 0.15) is 16.7 Å². The minimum absolute atomic E-state index is 0.334. The van der Waals surface area contributed by atoms with Crippen LogP contribution in [0.15, 0.2) is 47.6 Å². The van der Waals surface area contributed by atoms with Gasteiger partial charge in [0.15, 0.2) is 0 Å². The first-order chi connectivity index (χ1) is 10.1. The Morgan fingerprint density at radius 3 is 2.62 bits per heavy atom. The van der Waals surface area contributed by atoms with Gasteiger partial charge >= 0.3 is 0 Å². The Morgan fingerprint density at radius 2 is 1.86 bits per heavy atom. The Bertz CT molecular complexity index is 745. The quantitative estimate of drug-likeness (QED) is 0.930. The zero-order valence-corrected chi connectivity index (χ0v) is 12.6. The summed E-state index contributed by atoms with van der Waals surface area (Å²) < 4.78 is 26.6. The molecule has 0 radical (unpaired) electrons. The first-order valence-electron chi connectivity index (χ1n) is 6.75. The van der Waals surface area contributed by atoms with Crippen LogP contribution in [0.5, 0.6) is 0 Å². The molecule has 110 valence electrons. The lowest BCUT2D eigenvalue weighted by molar-refractivity contribution is 0.466. The van der Waals surface area contributed by atoms with E-state index in [1.807, 2.05) is 18.2 Å². The normalized spacial score (nSPS) is 14.4. The molecule has 0 atom stereocenters. The summed E-state index contributed by atoms with van der Waals surface area (Å²) in [6.07, 6.45) is 3.33. The van der Waals surface area contributed by atoms with Gasteiger partial charge in [-0.2, -0.15) is 4.31 Å². The van der Waals surface area contributed by atoms with Crippen LogP contribution in [0.2, 0.25) is 0 Å². The molecular formula is C15H17N3O2S. The molecule has 0 saturated carbocycles. The number of benzene rings is 1. The maximum Gasteiger partial charge on any atom is 0.243 e. The number of aromatic nitrogens is 1. The summed E-state index contributed by atoms with van der Waals surface area (Å²) in [6, 6.07) is 8.98. The van der Waals surface area contributed by atoms with Crippen LogP contribution in [-0.2, 0) is 29.7 Å². The SMILES string of the molecule is CN(Cc1ccncc1)S(=O)(=O)c1ccc2c(c1)CNC2. The monoisotopic (exact) mass is 303 g/mol. The molecule has 2 heterocycles. The van der Waals surface area contributed by atoms with E-state index in [2.05, 4.69) is 10.3 Å². The molecule has 0 spiro atoms. The lowest BCUT2D eigenvalue weighted by Crippen LogP contribution is -2.26. The molecular weight excluding hydrogens is 286 g/mol. The van der Waals surface area contributed by atoms with Crippen molar-refractivity contribution in [3.05, 3.63) is 59.4 Å². The van der Waals surface area contributed by atoms with E-state index in [9.17, 15) is 8.42 Å². The molecule has 1 aromatic heterocycles. The first kappa shape index (κ1) is 14.2. The largest absolute Gasteiger partial charge is 0.309 e. The van der Waals surface area contributed by atoms with Crippen LogP contribution < -0.4 is 5.32 Å². The van der Waals surface area contributed by atoms with Gasteiger partial charge in [-0.3, -0.25) is 4.98 Å². The zero-order valence-electron chi connectivity index (χ0n) is 11.8. The minimum Gasteiger partial charge on any atom is -0.309 e. The second-order valence-corrected chi connectivity index (χ2v) is 7.20. The number of hydrogen-bond donors (Lipinski definition) is 1. The second kappa shape index (κ2) is 5.55. The molecule has 1 N–H and O–H groups in total. The predicted octanol–water partition coefficient (Wildman–Crippen LogP) is 1.51. The third-order valence-corrected chi connectivity index (χ3v) is 5.47. The van der Waals surface area contributed by atoms with Crippen molar-refractivity contribution in [1.29, 1.82) is 0 Å². The van der Waals surface area contributed by atoms with Crippen molar-refractivity contribution >= 4 is 10.0 Å². The summed E-state index contributed by atoms with van der Waals surface area (Å²) in [6.45, 7) is 1.87. The highest BCUT2D eigenvalue weighted by atomic mass is 32.2. The second-order valence-electron chi connectivity index (χ2n) is 5.15. The van der Waals surface area contributed by atoms with E-state index in [1.165, 1.54) is 9.87 Å². The third kappa shape index (κ3) is 2.83. The van der Waals surface area contributed by atoms with Gasteiger partial charge in [0.1, 0.15) is 0 Å². The van der Waals surface area contributed by atoms with Gasteiger partial charge in [0.05, 0.1) is 4.90 Å². The molecule has 0 bridgehead atoms. The van der Waals surface area contributed by atoms with E-state index in [0.29, 0.717) is 11.4 Å². The van der Waals surface area contributed by atoms with Crippen LogP contribution in [0.4, 0.5) is 0 Å². The lowest BCUT2D eigenvalue weighted by Gasteiger charge is -2.17. The van der Waals surface area contributed by atoms with Crippen LogP contribution in [0.3, 0.4) is 0 Å². The summed E-state index contributed by atoms with van der Waals surface area (Å²) in [5.74, 6) is 0. The average molecular weight is 303 g/mol. The third-order valence-electron chi connectivity index (χ3n) is 3.67. The van der Waals surface area contributed by atoms with Crippen molar-refractivity contribution in [3.8, 4) is 0 Å². The van der Waals surface area contributed by atoms with E-state index in [-0.39, 0.29) is 0 Å². The van der Waals surface area contributed by atoms with Crippen molar-refractivity contribution < 1.29 is 8.42 Å². The summed E-state index contributed by atoms with van der Waals surface area (Å²) in [5.41, 5.74) is 3.15. The Kier molecular flexibility index (Phi) is 3.75. The van der Waals surface area contributed by atoms with Gasteiger partial charge in [-0.05, 0) is 41.0 Å². The van der Waals surface area contributed by atoms with Crippen molar-refractivity contribution in [2.24, 2.45) is 0 Å². The smallest absolute Gasteiger partial charge is 0.243 e.